The molecule has 0 radical (unpaired) electrons. The summed E-state index contributed by atoms with van der Waals surface area (Å²) in [5.74, 6) is 0.111. The van der Waals surface area contributed by atoms with Gasteiger partial charge in [-0.3, -0.25) is 9.59 Å². The molecule has 1 aliphatic rings. The molecule has 1 fully saturated rings. The summed E-state index contributed by atoms with van der Waals surface area (Å²) in [6.45, 7) is 5.66. The first-order chi connectivity index (χ1) is 11.5. The zero-order valence-electron chi connectivity index (χ0n) is 14.3. The van der Waals surface area contributed by atoms with Crippen molar-refractivity contribution >= 4 is 11.8 Å². The molecule has 0 unspecified atom stereocenters. The zero-order valence-corrected chi connectivity index (χ0v) is 14.3. The molecule has 1 atom stereocenters. The second kappa shape index (κ2) is 8.66. The highest BCUT2D eigenvalue weighted by Crippen LogP contribution is 2.18. The van der Waals surface area contributed by atoms with Crippen LogP contribution in [0.25, 0.3) is 0 Å². The lowest BCUT2D eigenvalue weighted by molar-refractivity contribution is -0.138. The molecule has 0 aliphatic carbocycles. The van der Waals surface area contributed by atoms with Gasteiger partial charge in [-0.15, -0.1) is 0 Å². The topological polar surface area (TPSA) is 58.6 Å². The minimum Gasteiger partial charge on any atom is -0.492 e. The molecule has 0 aromatic heterocycles. The minimum atomic E-state index is -0.312. The molecule has 5 nitrogen and oxygen atoms in total. The van der Waals surface area contributed by atoms with E-state index in [1.165, 1.54) is 12.1 Å². The van der Waals surface area contributed by atoms with E-state index in [-0.39, 0.29) is 29.5 Å². The van der Waals surface area contributed by atoms with Crippen LogP contribution in [0.1, 0.15) is 26.7 Å². The molecule has 0 bridgehead atoms. The fourth-order valence-corrected chi connectivity index (χ4v) is 2.77. The van der Waals surface area contributed by atoms with Gasteiger partial charge in [-0.25, -0.2) is 4.39 Å². The molecule has 2 amide bonds. The van der Waals surface area contributed by atoms with Crippen LogP contribution in [0.5, 0.6) is 5.75 Å². The lowest BCUT2D eigenvalue weighted by Gasteiger charge is -2.33. The summed E-state index contributed by atoms with van der Waals surface area (Å²) >= 11 is 0. The Labute approximate surface area is 142 Å². The van der Waals surface area contributed by atoms with E-state index < -0.39 is 0 Å². The molecule has 2 rings (SSSR count). The van der Waals surface area contributed by atoms with Gasteiger partial charge in [0.25, 0.3) is 0 Å². The number of carbonyl (C=O) groups is 2. The zero-order chi connectivity index (χ0) is 17.5. The Kier molecular flexibility index (Phi) is 6.58. The summed E-state index contributed by atoms with van der Waals surface area (Å²) in [6, 6.07) is 5.76. The van der Waals surface area contributed by atoms with E-state index in [4.69, 9.17) is 4.74 Å². The first kappa shape index (κ1) is 18.2. The van der Waals surface area contributed by atoms with E-state index >= 15 is 0 Å². The van der Waals surface area contributed by atoms with Crippen molar-refractivity contribution in [3.8, 4) is 5.75 Å². The number of piperidine rings is 1. The molecule has 6 heteroatoms. The van der Waals surface area contributed by atoms with Crippen LogP contribution in [0.15, 0.2) is 24.3 Å². The molecule has 1 saturated heterocycles. The quantitative estimate of drug-likeness (QED) is 0.811. The van der Waals surface area contributed by atoms with Gasteiger partial charge in [0, 0.05) is 19.0 Å². The SMILES string of the molecule is CC(C)C(=O)N1CCC[C@@H](C(=O)NCCOc2ccc(F)cc2)C1. The van der Waals surface area contributed by atoms with Crippen molar-refractivity contribution in [2.45, 2.75) is 26.7 Å². The van der Waals surface area contributed by atoms with Gasteiger partial charge in [0.2, 0.25) is 11.8 Å². The maximum absolute atomic E-state index is 12.8. The monoisotopic (exact) mass is 336 g/mol. The Morgan fingerprint density at radius 1 is 1.33 bits per heavy atom. The molecule has 1 aromatic rings. The number of hydrogen-bond donors (Lipinski definition) is 1. The summed E-state index contributed by atoms with van der Waals surface area (Å²) in [5, 5.41) is 2.85. The maximum Gasteiger partial charge on any atom is 0.225 e. The Balaban J connectivity index is 1.71. The Morgan fingerprint density at radius 2 is 2.04 bits per heavy atom. The van der Waals surface area contributed by atoms with Crippen LogP contribution in [0, 0.1) is 17.7 Å². The Bertz CT molecular complexity index is 560. The molecule has 0 saturated carbocycles. The van der Waals surface area contributed by atoms with Crippen LogP contribution < -0.4 is 10.1 Å². The molecule has 1 aromatic carbocycles. The van der Waals surface area contributed by atoms with Crippen molar-refractivity contribution in [1.82, 2.24) is 10.2 Å². The number of amides is 2. The van der Waals surface area contributed by atoms with Gasteiger partial charge >= 0.3 is 0 Å². The van der Waals surface area contributed by atoms with Gasteiger partial charge in [0.15, 0.2) is 0 Å². The molecule has 1 aliphatic heterocycles. The summed E-state index contributed by atoms with van der Waals surface area (Å²) in [4.78, 5) is 26.1. The van der Waals surface area contributed by atoms with Crippen molar-refractivity contribution in [1.29, 1.82) is 0 Å². The van der Waals surface area contributed by atoms with Gasteiger partial charge in [0.05, 0.1) is 12.5 Å². The predicted octanol–water partition coefficient (Wildman–Crippen LogP) is 2.22. The summed E-state index contributed by atoms with van der Waals surface area (Å²) in [7, 11) is 0. The van der Waals surface area contributed by atoms with E-state index in [1.807, 2.05) is 13.8 Å². The van der Waals surface area contributed by atoms with Crippen molar-refractivity contribution in [2.75, 3.05) is 26.2 Å². The maximum atomic E-state index is 12.8. The number of hydrogen-bond acceptors (Lipinski definition) is 3. The first-order valence-electron chi connectivity index (χ1n) is 8.42. The Hall–Kier alpha value is -2.11. The average molecular weight is 336 g/mol. The third-order valence-corrected chi connectivity index (χ3v) is 4.08. The number of benzene rings is 1. The number of rotatable bonds is 6. The van der Waals surface area contributed by atoms with E-state index in [0.29, 0.717) is 25.4 Å². The highest BCUT2D eigenvalue weighted by molar-refractivity contribution is 5.82. The van der Waals surface area contributed by atoms with E-state index in [1.54, 1.807) is 17.0 Å². The van der Waals surface area contributed by atoms with E-state index in [9.17, 15) is 14.0 Å². The van der Waals surface area contributed by atoms with Gasteiger partial charge < -0.3 is 15.0 Å². The van der Waals surface area contributed by atoms with Crippen LogP contribution >= 0.6 is 0 Å². The van der Waals surface area contributed by atoms with Crippen molar-refractivity contribution in [2.24, 2.45) is 11.8 Å². The largest absolute Gasteiger partial charge is 0.492 e. The highest BCUT2D eigenvalue weighted by atomic mass is 19.1. The summed E-state index contributed by atoms with van der Waals surface area (Å²) in [5.41, 5.74) is 0. The Morgan fingerprint density at radius 3 is 2.71 bits per heavy atom. The molecule has 1 N–H and O–H groups in total. The molecular weight excluding hydrogens is 311 g/mol. The van der Waals surface area contributed by atoms with Gasteiger partial charge in [-0.2, -0.15) is 0 Å². The van der Waals surface area contributed by atoms with Crippen molar-refractivity contribution in [3.05, 3.63) is 30.1 Å². The van der Waals surface area contributed by atoms with Crippen LogP contribution in [0.2, 0.25) is 0 Å². The van der Waals surface area contributed by atoms with Gasteiger partial charge in [-0.05, 0) is 37.1 Å². The van der Waals surface area contributed by atoms with E-state index in [0.717, 1.165) is 19.4 Å². The predicted molar refractivity (Wildman–Crippen MR) is 89.0 cm³/mol. The minimum absolute atomic E-state index is 0.0426. The first-order valence-corrected chi connectivity index (χ1v) is 8.42. The van der Waals surface area contributed by atoms with Crippen LogP contribution in [0.3, 0.4) is 0 Å². The summed E-state index contributed by atoms with van der Waals surface area (Å²) < 4.78 is 18.2. The van der Waals surface area contributed by atoms with Crippen LogP contribution in [-0.4, -0.2) is 43.0 Å². The normalized spacial score (nSPS) is 17.7. The second-order valence-corrected chi connectivity index (χ2v) is 6.37. The van der Waals surface area contributed by atoms with Crippen molar-refractivity contribution in [3.63, 3.8) is 0 Å². The van der Waals surface area contributed by atoms with E-state index in [2.05, 4.69) is 5.32 Å². The fraction of sp³-hybridized carbons (Fsp3) is 0.556. The fourth-order valence-electron chi connectivity index (χ4n) is 2.77. The highest BCUT2D eigenvalue weighted by Gasteiger charge is 2.29. The van der Waals surface area contributed by atoms with Gasteiger partial charge in [0.1, 0.15) is 18.2 Å². The number of nitrogens with one attached hydrogen (secondary N) is 1. The van der Waals surface area contributed by atoms with Crippen LogP contribution in [0.4, 0.5) is 4.39 Å². The molecule has 24 heavy (non-hydrogen) atoms. The lowest BCUT2D eigenvalue weighted by atomic mass is 9.96. The van der Waals surface area contributed by atoms with Gasteiger partial charge in [-0.1, -0.05) is 13.8 Å². The number of likely N-dealkylation sites (tertiary alicyclic amines) is 1. The number of nitrogens with zero attached hydrogens (tertiary/aromatic N) is 1. The lowest BCUT2D eigenvalue weighted by Crippen LogP contribution is -2.47. The number of ether oxygens (including phenoxy) is 1. The molecule has 1 heterocycles. The number of halogens is 1. The third-order valence-electron chi connectivity index (χ3n) is 4.08. The standard InChI is InChI=1S/C18H25FN2O3/c1-13(2)18(23)21-10-3-4-14(12-21)17(22)20-9-11-24-16-7-5-15(19)6-8-16/h5-8,13-14H,3-4,9-12H2,1-2H3,(H,20,22)/t14-/m1/s1. The summed E-state index contributed by atoms with van der Waals surface area (Å²) in [6.07, 6.45) is 1.65. The number of carbonyl (C=O) groups excluding carboxylic acids is 2. The molecular formula is C18H25FN2O3. The molecule has 132 valence electrons. The van der Waals surface area contributed by atoms with Crippen molar-refractivity contribution < 1.29 is 18.7 Å². The average Bonchev–Trinajstić information content (AvgIpc) is 2.59. The smallest absolute Gasteiger partial charge is 0.225 e. The second-order valence-electron chi connectivity index (χ2n) is 6.37. The third kappa shape index (κ3) is 5.22. The van der Waals surface area contributed by atoms with Crippen LogP contribution in [-0.2, 0) is 9.59 Å². The molecule has 0 spiro atoms.